The summed E-state index contributed by atoms with van der Waals surface area (Å²) in [5, 5.41) is 3.46. The van der Waals surface area contributed by atoms with Gasteiger partial charge in [0.25, 0.3) is 0 Å². The van der Waals surface area contributed by atoms with E-state index in [1.165, 1.54) is 6.42 Å². The van der Waals surface area contributed by atoms with Crippen LogP contribution >= 0.6 is 0 Å². The Morgan fingerprint density at radius 2 is 1.76 bits per heavy atom. The molecule has 8 nitrogen and oxygen atoms in total. The first-order valence-electron chi connectivity index (χ1n) is 11.4. The van der Waals surface area contributed by atoms with Crippen LogP contribution in [0, 0.1) is 0 Å². The van der Waals surface area contributed by atoms with E-state index in [1.807, 2.05) is 11.9 Å². The summed E-state index contributed by atoms with van der Waals surface area (Å²) in [5.74, 6) is 1.25. The molecule has 0 aromatic heterocycles. The molecular weight excluding hydrogens is 370 g/mol. The predicted octanol–water partition coefficient (Wildman–Crippen LogP) is 0.778. The summed E-state index contributed by atoms with van der Waals surface area (Å²) in [6.07, 6.45) is 6.93. The van der Waals surface area contributed by atoms with Crippen LogP contribution in [0.15, 0.2) is 4.99 Å². The second-order valence-electron chi connectivity index (χ2n) is 8.21. The van der Waals surface area contributed by atoms with Crippen molar-refractivity contribution >= 4 is 11.9 Å². The van der Waals surface area contributed by atoms with E-state index >= 15 is 0 Å². The Morgan fingerprint density at radius 3 is 2.45 bits per heavy atom. The van der Waals surface area contributed by atoms with Crippen molar-refractivity contribution < 1.29 is 14.3 Å². The SMILES string of the molecule is CN=C(NCCCOC1CCOCC1)N1CCN(CC(=O)N2CCCCC2)CC1. The zero-order chi connectivity index (χ0) is 20.3. The highest BCUT2D eigenvalue weighted by molar-refractivity contribution is 5.80. The molecule has 1 N–H and O–H groups in total. The number of likely N-dealkylation sites (tertiary alicyclic amines) is 1. The maximum absolute atomic E-state index is 12.5. The summed E-state index contributed by atoms with van der Waals surface area (Å²) in [7, 11) is 1.84. The van der Waals surface area contributed by atoms with Crippen LogP contribution in [0.5, 0.6) is 0 Å². The number of carbonyl (C=O) groups excluding carboxylic acids is 1. The van der Waals surface area contributed by atoms with E-state index in [1.54, 1.807) is 0 Å². The average Bonchev–Trinajstić information content (AvgIpc) is 2.78. The molecule has 3 rings (SSSR count). The summed E-state index contributed by atoms with van der Waals surface area (Å²) in [4.78, 5) is 23.5. The van der Waals surface area contributed by atoms with Crippen LogP contribution in [0.3, 0.4) is 0 Å². The Balaban J connectivity index is 1.28. The van der Waals surface area contributed by atoms with Gasteiger partial charge >= 0.3 is 0 Å². The van der Waals surface area contributed by atoms with Gasteiger partial charge in [0.05, 0.1) is 12.6 Å². The lowest BCUT2D eigenvalue weighted by molar-refractivity contribution is -0.133. The van der Waals surface area contributed by atoms with E-state index in [9.17, 15) is 4.79 Å². The van der Waals surface area contributed by atoms with E-state index in [4.69, 9.17) is 9.47 Å². The van der Waals surface area contributed by atoms with Crippen LogP contribution in [0.25, 0.3) is 0 Å². The number of hydrogen-bond donors (Lipinski definition) is 1. The van der Waals surface area contributed by atoms with Crippen LogP contribution in [0.4, 0.5) is 0 Å². The molecule has 3 aliphatic rings. The number of amides is 1. The molecule has 0 bridgehead atoms. The average molecular weight is 410 g/mol. The number of nitrogens with one attached hydrogen (secondary N) is 1. The molecule has 166 valence electrons. The summed E-state index contributed by atoms with van der Waals surface area (Å²) < 4.78 is 11.3. The second kappa shape index (κ2) is 12.3. The second-order valence-corrected chi connectivity index (χ2v) is 8.21. The van der Waals surface area contributed by atoms with Gasteiger partial charge in [-0.2, -0.15) is 0 Å². The summed E-state index contributed by atoms with van der Waals surface area (Å²) >= 11 is 0. The van der Waals surface area contributed by atoms with E-state index in [-0.39, 0.29) is 0 Å². The minimum absolute atomic E-state index is 0.296. The molecule has 3 heterocycles. The number of carbonyl (C=O) groups is 1. The number of nitrogens with zero attached hydrogens (tertiary/aromatic N) is 4. The highest BCUT2D eigenvalue weighted by Crippen LogP contribution is 2.11. The van der Waals surface area contributed by atoms with Gasteiger partial charge in [-0.1, -0.05) is 0 Å². The minimum Gasteiger partial charge on any atom is -0.381 e. The van der Waals surface area contributed by atoms with Gasteiger partial charge in [0, 0.05) is 72.7 Å². The van der Waals surface area contributed by atoms with Crippen LogP contribution in [0.2, 0.25) is 0 Å². The predicted molar refractivity (Wildman–Crippen MR) is 114 cm³/mol. The van der Waals surface area contributed by atoms with Crippen molar-refractivity contribution in [2.75, 3.05) is 79.2 Å². The third-order valence-electron chi connectivity index (χ3n) is 6.08. The van der Waals surface area contributed by atoms with E-state index < -0.39 is 0 Å². The fourth-order valence-corrected chi connectivity index (χ4v) is 4.25. The third kappa shape index (κ3) is 7.42. The molecule has 0 unspecified atom stereocenters. The number of aliphatic imine (C=N–C) groups is 1. The van der Waals surface area contributed by atoms with Gasteiger partial charge in [0.1, 0.15) is 0 Å². The molecule has 0 aromatic rings. The molecule has 3 fully saturated rings. The topological polar surface area (TPSA) is 69.6 Å². The molecule has 29 heavy (non-hydrogen) atoms. The van der Waals surface area contributed by atoms with Crippen molar-refractivity contribution in [3.63, 3.8) is 0 Å². The Hall–Kier alpha value is -1.38. The van der Waals surface area contributed by atoms with E-state index in [2.05, 4.69) is 20.1 Å². The Bertz CT molecular complexity index is 510. The Kier molecular flexibility index (Phi) is 9.50. The molecule has 0 aromatic carbocycles. The number of piperidine rings is 1. The molecule has 0 saturated carbocycles. The summed E-state index contributed by atoms with van der Waals surface area (Å²) in [6.45, 7) is 9.36. The lowest BCUT2D eigenvalue weighted by Crippen LogP contribution is -2.54. The summed E-state index contributed by atoms with van der Waals surface area (Å²) in [5.41, 5.74) is 0. The Morgan fingerprint density at radius 1 is 1.03 bits per heavy atom. The highest BCUT2D eigenvalue weighted by Gasteiger charge is 2.24. The monoisotopic (exact) mass is 409 g/mol. The zero-order valence-corrected chi connectivity index (χ0v) is 18.1. The smallest absolute Gasteiger partial charge is 0.236 e. The van der Waals surface area contributed by atoms with Crippen molar-refractivity contribution in [3.05, 3.63) is 0 Å². The van der Waals surface area contributed by atoms with Crippen molar-refractivity contribution in [1.82, 2.24) is 20.0 Å². The molecule has 3 aliphatic heterocycles. The maximum atomic E-state index is 12.5. The first-order chi connectivity index (χ1) is 14.3. The Labute approximate surface area is 175 Å². The van der Waals surface area contributed by atoms with E-state index in [0.717, 1.165) is 104 Å². The van der Waals surface area contributed by atoms with Crippen LogP contribution < -0.4 is 5.32 Å². The molecule has 0 aliphatic carbocycles. The normalized spacial score (nSPS) is 22.7. The zero-order valence-electron chi connectivity index (χ0n) is 18.1. The maximum Gasteiger partial charge on any atom is 0.236 e. The lowest BCUT2D eigenvalue weighted by atomic mass is 10.1. The first kappa shape index (κ1) is 22.3. The van der Waals surface area contributed by atoms with Gasteiger partial charge in [-0.25, -0.2) is 0 Å². The highest BCUT2D eigenvalue weighted by atomic mass is 16.5. The van der Waals surface area contributed by atoms with Crippen molar-refractivity contribution in [2.24, 2.45) is 4.99 Å². The molecule has 0 spiro atoms. The van der Waals surface area contributed by atoms with Crippen LogP contribution in [-0.4, -0.2) is 112 Å². The van der Waals surface area contributed by atoms with Crippen molar-refractivity contribution in [2.45, 2.75) is 44.6 Å². The van der Waals surface area contributed by atoms with Gasteiger partial charge in [0.2, 0.25) is 5.91 Å². The fraction of sp³-hybridized carbons (Fsp3) is 0.905. The minimum atomic E-state index is 0.296. The number of guanidine groups is 1. The van der Waals surface area contributed by atoms with Gasteiger partial charge in [0.15, 0.2) is 5.96 Å². The standard InChI is InChI=1S/C21H39N5O3/c1-22-21(23-8-5-15-29-19-6-16-28-17-7-19)26-13-11-24(12-14-26)18-20(27)25-9-3-2-4-10-25/h19H,2-18H2,1H3,(H,22,23). The van der Waals surface area contributed by atoms with Gasteiger partial charge < -0.3 is 24.6 Å². The fourth-order valence-electron chi connectivity index (χ4n) is 4.25. The molecule has 0 atom stereocenters. The van der Waals surface area contributed by atoms with Gasteiger partial charge in [-0.05, 0) is 38.5 Å². The molecule has 0 radical (unpaired) electrons. The quantitative estimate of drug-likeness (QED) is 0.381. The molecule has 1 amide bonds. The number of ether oxygens (including phenoxy) is 2. The van der Waals surface area contributed by atoms with Crippen LogP contribution in [0.1, 0.15) is 38.5 Å². The third-order valence-corrected chi connectivity index (χ3v) is 6.08. The van der Waals surface area contributed by atoms with Crippen molar-refractivity contribution in [1.29, 1.82) is 0 Å². The van der Waals surface area contributed by atoms with E-state index in [0.29, 0.717) is 18.6 Å². The number of rotatable bonds is 7. The first-order valence-corrected chi connectivity index (χ1v) is 11.4. The summed E-state index contributed by atoms with van der Waals surface area (Å²) in [6, 6.07) is 0. The largest absolute Gasteiger partial charge is 0.381 e. The van der Waals surface area contributed by atoms with Gasteiger partial charge in [-0.15, -0.1) is 0 Å². The number of piperazine rings is 1. The molecule has 8 heteroatoms. The van der Waals surface area contributed by atoms with Crippen molar-refractivity contribution in [3.8, 4) is 0 Å². The van der Waals surface area contributed by atoms with Gasteiger partial charge in [-0.3, -0.25) is 14.7 Å². The lowest BCUT2D eigenvalue weighted by Gasteiger charge is -2.37. The van der Waals surface area contributed by atoms with Crippen LogP contribution in [-0.2, 0) is 14.3 Å². The molecule has 3 saturated heterocycles. The number of hydrogen-bond acceptors (Lipinski definition) is 5. The molecular formula is C21H39N5O3.